The Morgan fingerprint density at radius 2 is 1.06 bits per heavy atom. The lowest BCUT2D eigenvalue weighted by molar-refractivity contribution is 0.583. The Bertz CT molecular complexity index is 971. The fourth-order valence-corrected chi connectivity index (χ4v) is 17.9. The second-order valence-corrected chi connectivity index (χ2v) is 21.1. The molecule has 0 radical (unpaired) electrons. The van der Waals surface area contributed by atoms with Gasteiger partial charge in [0.2, 0.25) is 13.5 Å². The molecule has 1 N–H and O–H groups in total. The molecule has 0 bridgehead atoms. The van der Waals surface area contributed by atoms with Crippen molar-refractivity contribution in [3.8, 4) is 0 Å². The maximum Gasteiger partial charge on any atom is 0.285 e. The van der Waals surface area contributed by atoms with Crippen LogP contribution in [-0.4, -0.2) is 21.0 Å². The lowest BCUT2D eigenvalue weighted by Gasteiger charge is -2.33. The first-order chi connectivity index (χ1) is 15.2. The minimum atomic E-state index is -2.88. The van der Waals surface area contributed by atoms with E-state index in [9.17, 15) is 4.80 Å². The van der Waals surface area contributed by atoms with Crippen LogP contribution in [-0.2, 0) is 0 Å². The minimum absolute atomic E-state index is 1.01. The first kappa shape index (κ1) is 27.2. The molecule has 0 saturated heterocycles. The van der Waals surface area contributed by atoms with E-state index < -0.39 is 29.4 Å². The average Bonchev–Trinajstić information content (AvgIpc) is 2.83. The Morgan fingerprint density at radius 1 is 0.719 bits per heavy atom. The van der Waals surface area contributed by atoms with Gasteiger partial charge in [0.05, 0.1) is 0 Å². The van der Waals surface area contributed by atoms with E-state index >= 15 is 0 Å². The van der Waals surface area contributed by atoms with E-state index in [1.807, 2.05) is 91.0 Å². The second-order valence-electron chi connectivity index (χ2n) is 6.32. The molecule has 0 aromatic heterocycles. The zero-order chi connectivity index (χ0) is 23.4. The van der Waals surface area contributed by atoms with Gasteiger partial charge in [-0.3, -0.25) is 0 Å². The average molecular weight is 624 g/mol. The molecule has 1 aliphatic rings. The summed E-state index contributed by atoms with van der Waals surface area (Å²) in [6.45, 7) is 0. The van der Waals surface area contributed by atoms with E-state index in [4.69, 9.17) is 68.5 Å². The Hall–Kier alpha value is 0.587. The number of nitrogens with zero attached hydrogens (tertiary/aromatic N) is 3. The first-order valence-electron chi connectivity index (χ1n) is 8.92. The smallest absolute Gasteiger partial charge is 0.285 e. The Kier molecular flexibility index (Phi) is 10.2. The molecular weight excluding hydrogens is 608 g/mol. The fourth-order valence-electron chi connectivity index (χ4n) is 2.90. The summed E-state index contributed by atoms with van der Waals surface area (Å²) in [6, 6.07) is 30.0. The summed E-state index contributed by atoms with van der Waals surface area (Å²) in [5.41, 5.74) is 0. The van der Waals surface area contributed by atoms with Gasteiger partial charge in [-0.2, -0.15) is 0 Å². The third kappa shape index (κ3) is 6.22. The van der Waals surface area contributed by atoms with E-state index in [0.29, 0.717) is 0 Å². The van der Waals surface area contributed by atoms with Crippen molar-refractivity contribution < 1.29 is 4.80 Å². The predicted molar refractivity (Wildman–Crippen MR) is 148 cm³/mol. The highest BCUT2D eigenvalue weighted by Gasteiger charge is 2.42. The van der Waals surface area contributed by atoms with Crippen molar-refractivity contribution in [2.24, 2.45) is 4.52 Å². The van der Waals surface area contributed by atoms with Gasteiger partial charge in [0.25, 0.3) is 8.32 Å². The molecule has 1 aliphatic heterocycles. The molecule has 2 atom stereocenters. The van der Waals surface area contributed by atoms with Gasteiger partial charge in [0.1, 0.15) is 0 Å². The lowest BCUT2D eigenvalue weighted by atomic mass is 10.3. The van der Waals surface area contributed by atoms with Crippen LogP contribution in [0.2, 0.25) is 0 Å². The first-order valence-corrected chi connectivity index (χ1v) is 19.4. The fraction of sp³-hybridized carbons (Fsp3) is 0. The molecule has 32 heavy (non-hydrogen) atoms. The molecule has 3 aromatic carbocycles. The van der Waals surface area contributed by atoms with Crippen LogP contribution in [0.4, 0.5) is 0 Å². The van der Waals surface area contributed by atoms with Gasteiger partial charge in [0.15, 0.2) is 7.58 Å². The summed E-state index contributed by atoms with van der Waals surface area (Å²) < 4.78 is 5.98. The number of hydrogen-bond acceptors (Lipinski definition) is 4. The van der Waals surface area contributed by atoms with Gasteiger partial charge in [-0.1, -0.05) is 102 Å². The summed E-state index contributed by atoms with van der Waals surface area (Å²) in [4.78, 5) is 11.6. The highest BCUT2D eigenvalue weighted by atomic mass is 35.9. The van der Waals surface area contributed by atoms with Gasteiger partial charge in [-0.15, -0.1) is 7.92 Å². The molecule has 4 rings (SSSR count). The molecule has 0 saturated carbocycles. The van der Waals surface area contributed by atoms with Crippen molar-refractivity contribution in [3.63, 3.8) is 0 Å². The van der Waals surface area contributed by atoms with Crippen molar-refractivity contribution in [2.45, 2.75) is 0 Å². The number of halogens is 6. The normalized spacial score (nSPS) is 21.2. The van der Waals surface area contributed by atoms with Crippen LogP contribution in [0.15, 0.2) is 95.5 Å². The van der Waals surface area contributed by atoms with Crippen molar-refractivity contribution >= 4 is 113 Å². The Morgan fingerprint density at radius 3 is 1.41 bits per heavy atom. The number of rotatable bonds is 3. The van der Waals surface area contributed by atoms with E-state index in [1.165, 1.54) is 0 Å². The van der Waals surface area contributed by atoms with E-state index in [2.05, 4.69) is 4.52 Å². The topological polar surface area (TPSA) is 39.1 Å². The molecule has 4 nitrogen and oxygen atoms in total. The van der Waals surface area contributed by atoms with Crippen LogP contribution in [0, 0.1) is 0 Å². The van der Waals surface area contributed by atoms with Crippen LogP contribution in [0.25, 0.3) is 0 Å². The monoisotopic (exact) mass is 621 g/mol. The van der Waals surface area contributed by atoms with E-state index in [1.54, 1.807) is 0 Å². The van der Waals surface area contributed by atoms with Crippen molar-refractivity contribution in [1.82, 2.24) is 7.92 Å². The standard InChI is InChI=1S/C18H16OSi.Cl6N3P3/c19-20(16-10-4-1-5-11-16,17-12-6-2-7-13-17)18-14-8-3-9-15-18;1-8-10(3)7-12(5,6)9(2)11(8)4/h1-15,19H;. The largest absolute Gasteiger partial charge is 0.421 e. The van der Waals surface area contributed by atoms with Crippen LogP contribution in [0.1, 0.15) is 0 Å². The zero-order valence-electron chi connectivity index (χ0n) is 16.1. The molecule has 170 valence electrons. The SMILES string of the molecule is ClN1P(Cl)N=P(Cl)(Cl)N(Cl)P1Cl.O[Si](c1ccccc1)(c1ccccc1)c1ccccc1. The Balaban J connectivity index is 0.000000207. The number of benzene rings is 3. The van der Waals surface area contributed by atoms with Gasteiger partial charge < -0.3 is 4.80 Å². The second kappa shape index (κ2) is 12.0. The molecule has 2 unspecified atom stereocenters. The summed E-state index contributed by atoms with van der Waals surface area (Å²) in [5, 5.41) is 3.03. The minimum Gasteiger partial charge on any atom is -0.421 e. The maximum absolute atomic E-state index is 11.6. The molecule has 0 aliphatic carbocycles. The quantitative estimate of drug-likeness (QED) is 0.139. The third-order valence-corrected chi connectivity index (χ3v) is 21.6. The Labute approximate surface area is 220 Å². The molecule has 3 aromatic rings. The summed E-state index contributed by atoms with van der Waals surface area (Å²) in [7, 11) is -5.82. The zero-order valence-corrected chi connectivity index (χ0v) is 24.3. The highest BCUT2D eigenvalue weighted by molar-refractivity contribution is 8.18. The van der Waals surface area contributed by atoms with Crippen molar-refractivity contribution in [2.75, 3.05) is 0 Å². The molecular formula is C18H16Cl6N3OP3Si. The van der Waals surface area contributed by atoms with Crippen LogP contribution < -0.4 is 15.6 Å². The highest BCUT2D eigenvalue weighted by Crippen LogP contribution is 2.85. The van der Waals surface area contributed by atoms with Crippen LogP contribution in [0.5, 0.6) is 0 Å². The molecule has 1 heterocycles. The molecule has 0 fully saturated rings. The summed E-state index contributed by atoms with van der Waals surface area (Å²) in [5.74, 6) is -2.74. The van der Waals surface area contributed by atoms with Gasteiger partial charge in [0, 0.05) is 0 Å². The van der Waals surface area contributed by atoms with Gasteiger partial charge in [-0.05, 0) is 72.8 Å². The maximum atomic E-state index is 11.6. The van der Waals surface area contributed by atoms with Crippen molar-refractivity contribution in [3.05, 3.63) is 91.0 Å². The van der Waals surface area contributed by atoms with Crippen LogP contribution >= 0.6 is 89.6 Å². The van der Waals surface area contributed by atoms with Crippen molar-refractivity contribution in [1.29, 1.82) is 0 Å². The lowest BCUT2D eigenvalue weighted by Crippen LogP contribution is -2.67. The third-order valence-electron chi connectivity index (χ3n) is 4.36. The molecule has 14 heteroatoms. The molecule has 0 amide bonds. The summed E-state index contributed by atoms with van der Waals surface area (Å²) >= 11 is 34.3. The van der Waals surface area contributed by atoms with Crippen LogP contribution in [0.3, 0.4) is 0 Å². The van der Waals surface area contributed by atoms with Gasteiger partial charge >= 0.3 is 0 Å². The predicted octanol–water partition coefficient (Wildman–Crippen LogP) is 7.91. The molecule has 0 spiro atoms. The van der Waals surface area contributed by atoms with E-state index in [-0.39, 0.29) is 0 Å². The summed E-state index contributed by atoms with van der Waals surface area (Å²) in [6.07, 6.45) is 0. The number of hydrogen-bond donors (Lipinski definition) is 1. The van der Waals surface area contributed by atoms with E-state index in [0.717, 1.165) is 23.5 Å². The van der Waals surface area contributed by atoms with Gasteiger partial charge in [-0.25, -0.2) is 4.52 Å².